The number of halogens is 2. The zero-order chi connectivity index (χ0) is 11.7. The lowest BCUT2D eigenvalue weighted by atomic mass is 10.0. The van der Waals surface area contributed by atoms with Crippen molar-refractivity contribution in [1.29, 1.82) is 0 Å². The van der Waals surface area contributed by atoms with Gasteiger partial charge in [0.1, 0.15) is 5.82 Å². The van der Waals surface area contributed by atoms with Gasteiger partial charge in [-0.05, 0) is 42.6 Å². The van der Waals surface area contributed by atoms with E-state index in [0.29, 0.717) is 11.3 Å². The van der Waals surface area contributed by atoms with E-state index in [9.17, 15) is 4.39 Å². The molecule has 0 fully saturated rings. The zero-order valence-electron chi connectivity index (χ0n) is 8.96. The van der Waals surface area contributed by atoms with E-state index in [1.54, 1.807) is 19.2 Å². The standard InChI is InChI=1S/C12H10ClFN2/c1-7-6-15-12(13)16-11(7)9-4-3-5-10(14)8(9)2/h3-6H,1-2H3. The second-order valence-electron chi connectivity index (χ2n) is 3.58. The average molecular weight is 237 g/mol. The molecule has 0 aliphatic carbocycles. The summed E-state index contributed by atoms with van der Waals surface area (Å²) in [7, 11) is 0. The lowest BCUT2D eigenvalue weighted by Crippen LogP contribution is -1.95. The van der Waals surface area contributed by atoms with Gasteiger partial charge in [0, 0.05) is 11.8 Å². The summed E-state index contributed by atoms with van der Waals surface area (Å²) in [6, 6.07) is 4.91. The van der Waals surface area contributed by atoms with Crippen molar-refractivity contribution in [1.82, 2.24) is 9.97 Å². The fourth-order valence-corrected chi connectivity index (χ4v) is 1.69. The SMILES string of the molecule is Cc1cnc(Cl)nc1-c1cccc(F)c1C. The largest absolute Gasteiger partial charge is 0.226 e. The minimum Gasteiger partial charge on any atom is -0.226 e. The smallest absolute Gasteiger partial charge is 0.222 e. The van der Waals surface area contributed by atoms with E-state index in [1.807, 2.05) is 13.0 Å². The third-order valence-corrected chi connectivity index (χ3v) is 2.65. The van der Waals surface area contributed by atoms with Crippen molar-refractivity contribution in [2.75, 3.05) is 0 Å². The summed E-state index contributed by atoms with van der Waals surface area (Å²) in [6.07, 6.45) is 1.63. The fraction of sp³-hybridized carbons (Fsp3) is 0.167. The van der Waals surface area contributed by atoms with Gasteiger partial charge in [0.25, 0.3) is 0 Å². The number of nitrogens with zero attached hydrogens (tertiary/aromatic N) is 2. The summed E-state index contributed by atoms with van der Waals surface area (Å²) in [5.41, 5.74) is 2.87. The molecule has 82 valence electrons. The van der Waals surface area contributed by atoms with E-state index in [-0.39, 0.29) is 11.1 Å². The fourth-order valence-electron chi connectivity index (χ4n) is 1.56. The highest BCUT2D eigenvalue weighted by atomic mass is 35.5. The number of hydrogen-bond acceptors (Lipinski definition) is 2. The molecule has 0 amide bonds. The molecular weight excluding hydrogens is 227 g/mol. The summed E-state index contributed by atoms with van der Waals surface area (Å²) in [5, 5.41) is 0.171. The highest BCUT2D eigenvalue weighted by molar-refractivity contribution is 6.28. The Hall–Kier alpha value is -1.48. The molecule has 16 heavy (non-hydrogen) atoms. The maximum Gasteiger partial charge on any atom is 0.222 e. The monoisotopic (exact) mass is 236 g/mol. The van der Waals surface area contributed by atoms with Crippen LogP contribution in [-0.4, -0.2) is 9.97 Å². The molecule has 0 radical (unpaired) electrons. The molecule has 0 saturated carbocycles. The van der Waals surface area contributed by atoms with Crippen LogP contribution in [-0.2, 0) is 0 Å². The molecule has 0 N–H and O–H groups in total. The van der Waals surface area contributed by atoms with Gasteiger partial charge in [0.2, 0.25) is 5.28 Å². The predicted octanol–water partition coefficient (Wildman–Crippen LogP) is 3.55. The van der Waals surface area contributed by atoms with Gasteiger partial charge < -0.3 is 0 Å². The molecule has 0 bridgehead atoms. The van der Waals surface area contributed by atoms with Crippen molar-refractivity contribution in [3.8, 4) is 11.3 Å². The first kappa shape index (κ1) is 11.0. The van der Waals surface area contributed by atoms with Gasteiger partial charge in [-0.15, -0.1) is 0 Å². The van der Waals surface area contributed by atoms with E-state index in [1.165, 1.54) is 6.07 Å². The van der Waals surface area contributed by atoms with Crippen molar-refractivity contribution in [2.45, 2.75) is 13.8 Å². The first-order valence-electron chi connectivity index (χ1n) is 4.84. The quantitative estimate of drug-likeness (QED) is 0.708. The molecular formula is C12H10ClFN2. The third kappa shape index (κ3) is 1.91. The molecule has 1 heterocycles. The maximum absolute atomic E-state index is 13.4. The zero-order valence-corrected chi connectivity index (χ0v) is 9.72. The molecule has 0 atom stereocenters. The maximum atomic E-state index is 13.4. The normalized spacial score (nSPS) is 10.5. The number of aromatic nitrogens is 2. The lowest BCUT2D eigenvalue weighted by molar-refractivity contribution is 0.619. The lowest BCUT2D eigenvalue weighted by Gasteiger charge is -2.08. The van der Waals surface area contributed by atoms with E-state index in [2.05, 4.69) is 9.97 Å². The number of benzene rings is 1. The highest BCUT2D eigenvalue weighted by Crippen LogP contribution is 2.26. The predicted molar refractivity (Wildman–Crippen MR) is 61.9 cm³/mol. The topological polar surface area (TPSA) is 25.8 Å². The summed E-state index contributed by atoms with van der Waals surface area (Å²) >= 11 is 5.74. The van der Waals surface area contributed by atoms with Crippen LogP contribution < -0.4 is 0 Å². The van der Waals surface area contributed by atoms with Crippen LogP contribution in [0.4, 0.5) is 4.39 Å². The Kier molecular flexibility index (Phi) is 2.88. The van der Waals surface area contributed by atoms with Crippen LogP contribution in [0.15, 0.2) is 24.4 Å². The van der Waals surface area contributed by atoms with E-state index >= 15 is 0 Å². The van der Waals surface area contributed by atoms with Crippen LogP contribution in [0.2, 0.25) is 5.28 Å². The average Bonchev–Trinajstić information content (AvgIpc) is 2.26. The van der Waals surface area contributed by atoms with Crippen LogP contribution in [0.5, 0.6) is 0 Å². The highest BCUT2D eigenvalue weighted by Gasteiger charge is 2.10. The summed E-state index contributed by atoms with van der Waals surface area (Å²) < 4.78 is 13.4. The van der Waals surface area contributed by atoms with Crippen molar-refractivity contribution >= 4 is 11.6 Å². The second kappa shape index (κ2) is 4.18. The Morgan fingerprint density at radius 1 is 1.25 bits per heavy atom. The van der Waals surface area contributed by atoms with Crippen LogP contribution in [0.3, 0.4) is 0 Å². The van der Waals surface area contributed by atoms with Gasteiger partial charge in [0.15, 0.2) is 0 Å². The summed E-state index contributed by atoms with van der Waals surface area (Å²) in [4.78, 5) is 8.01. The molecule has 2 nitrogen and oxygen atoms in total. The van der Waals surface area contributed by atoms with Gasteiger partial charge in [-0.3, -0.25) is 0 Å². The van der Waals surface area contributed by atoms with E-state index < -0.39 is 0 Å². The Bertz CT molecular complexity index is 541. The van der Waals surface area contributed by atoms with Crippen molar-refractivity contribution < 1.29 is 4.39 Å². The number of aryl methyl sites for hydroxylation is 1. The molecule has 0 spiro atoms. The molecule has 0 aliphatic rings. The molecule has 4 heteroatoms. The minimum absolute atomic E-state index is 0.171. The van der Waals surface area contributed by atoms with E-state index in [0.717, 1.165) is 11.1 Å². The Morgan fingerprint density at radius 3 is 2.75 bits per heavy atom. The molecule has 2 aromatic rings. The number of hydrogen-bond donors (Lipinski definition) is 0. The molecule has 2 rings (SSSR count). The molecule has 1 aromatic heterocycles. The Morgan fingerprint density at radius 2 is 2.00 bits per heavy atom. The molecule has 0 aliphatic heterocycles. The van der Waals surface area contributed by atoms with Crippen LogP contribution >= 0.6 is 11.6 Å². The van der Waals surface area contributed by atoms with Gasteiger partial charge in [-0.2, -0.15) is 0 Å². The molecule has 1 aromatic carbocycles. The summed E-state index contributed by atoms with van der Waals surface area (Å²) in [5.74, 6) is -0.244. The van der Waals surface area contributed by atoms with Gasteiger partial charge >= 0.3 is 0 Å². The third-order valence-electron chi connectivity index (χ3n) is 2.47. The van der Waals surface area contributed by atoms with Crippen molar-refractivity contribution in [3.63, 3.8) is 0 Å². The summed E-state index contributed by atoms with van der Waals surface area (Å²) in [6.45, 7) is 3.59. The van der Waals surface area contributed by atoms with E-state index in [4.69, 9.17) is 11.6 Å². The van der Waals surface area contributed by atoms with Crippen molar-refractivity contribution in [2.24, 2.45) is 0 Å². The van der Waals surface area contributed by atoms with Gasteiger partial charge in [0.05, 0.1) is 5.69 Å². The van der Waals surface area contributed by atoms with Crippen molar-refractivity contribution in [3.05, 3.63) is 46.6 Å². The van der Waals surface area contributed by atoms with Crippen LogP contribution in [0, 0.1) is 19.7 Å². The van der Waals surface area contributed by atoms with Gasteiger partial charge in [-0.1, -0.05) is 12.1 Å². The first-order valence-corrected chi connectivity index (χ1v) is 5.22. The van der Waals surface area contributed by atoms with Gasteiger partial charge in [-0.25, -0.2) is 14.4 Å². The minimum atomic E-state index is -0.244. The Balaban J connectivity index is 2.67. The van der Waals surface area contributed by atoms with Crippen LogP contribution in [0.25, 0.3) is 11.3 Å². The van der Waals surface area contributed by atoms with Crippen LogP contribution in [0.1, 0.15) is 11.1 Å². The first-order chi connectivity index (χ1) is 7.59. The number of rotatable bonds is 1. The molecule has 0 unspecified atom stereocenters. The second-order valence-corrected chi connectivity index (χ2v) is 3.92. The Labute approximate surface area is 98.1 Å². The molecule has 0 saturated heterocycles.